The van der Waals surface area contributed by atoms with Crippen molar-refractivity contribution >= 4 is 10.8 Å². The van der Waals surface area contributed by atoms with Crippen molar-refractivity contribution in [3.8, 4) is 0 Å². The van der Waals surface area contributed by atoms with Gasteiger partial charge < -0.3 is 4.98 Å². The van der Waals surface area contributed by atoms with E-state index in [0.29, 0.717) is 0 Å². The average Bonchev–Trinajstić information content (AvgIpc) is 2.35. The summed E-state index contributed by atoms with van der Waals surface area (Å²) in [6.07, 6.45) is 1.66. The van der Waals surface area contributed by atoms with Crippen LogP contribution in [-0.4, -0.2) is 4.98 Å². The lowest BCUT2D eigenvalue weighted by Crippen LogP contribution is -2.03. The molecule has 0 saturated carbocycles. The summed E-state index contributed by atoms with van der Waals surface area (Å²) in [6.45, 7) is 8.00. The minimum Gasteiger partial charge on any atom is -0.329 e. The average molecular weight is 205 g/mol. The normalized spacial score (nSPS) is 8.27. The van der Waals surface area contributed by atoms with Crippen LogP contribution in [0.15, 0.2) is 41.3 Å². The molecule has 2 rings (SSSR count). The maximum Gasteiger partial charge on any atom is 0.255 e. The SMILES string of the molecule is CC.CC.O=c1[nH]ccc2ccccc12. The zero-order valence-corrected chi connectivity index (χ0v) is 9.87. The van der Waals surface area contributed by atoms with Crippen LogP contribution in [0, 0.1) is 0 Å². The lowest BCUT2D eigenvalue weighted by molar-refractivity contribution is 1.28. The van der Waals surface area contributed by atoms with E-state index in [1.165, 1.54) is 0 Å². The number of H-pyrrole nitrogens is 1. The molecule has 2 nitrogen and oxygen atoms in total. The molecule has 2 aromatic rings. The zero-order chi connectivity index (χ0) is 11.7. The Morgan fingerprint density at radius 1 is 0.933 bits per heavy atom. The van der Waals surface area contributed by atoms with Crippen LogP contribution in [0.3, 0.4) is 0 Å². The molecule has 0 atom stereocenters. The molecule has 1 N–H and O–H groups in total. The van der Waals surface area contributed by atoms with Crippen LogP contribution in [0.4, 0.5) is 0 Å². The summed E-state index contributed by atoms with van der Waals surface area (Å²) in [7, 11) is 0. The highest BCUT2D eigenvalue weighted by molar-refractivity contribution is 5.80. The Morgan fingerprint density at radius 2 is 1.53 bits per heavy atom. The topological polar surface area (TPSA) is 32.9 Å². The van der Waals surface area contributed by atoms with E-state index in [1.807, 2.05) is 58.0 Å². The number of rotatable bonds is 0. The number of nitrogens with one attached hydrogen (secondary N) is 1. The van der Waals surface area contributed by atoms with Gasteiger partial charge in [-0.05, 0) is 17.5 Å². The van der Waals surface area contributed by atoms with Gasteiger partial charge in [0.05, 0.1) is 0 Å². The molecule has 0 amide bonds. The first-order valence-electron chi connectivity index (χ1n) is 5.44. The third-order valence-electron chi connectivity index (χ3n) is 1.68. The highest BCUT2D eigenvalue weighted by Gasteiger charge is 1.92. The van der Waals surface area contributed by atoms with Gasteiger partial charge in [0.2, 0.25) is 0 Å². The first-order chi connectivity index (χ1) is 7.38. The van der Waals surface area contributed by atoms with Crippen molar-refractivity contribution in [2.75, 3.05) is 0 Å². The van der Waals surface area contributed by atoms with Crippen LogP contribution < -0.4 is 5.56 Å². The molecular weight excluding hydrogens is 186 g/mol. The molecular formula is C13H19NO. The molecule has 0 unspecified atom stereocenters. The number of aromatic amines is 1. The van der Waals surface area contributed by atoms with Gasteiger partial charge in [0.25, 0.3) is 5.56 Å². The van der Waals surface area contributed by atoms with Crippen molar-refractivity contribution in [2.45, 2.75) is 27.7 Å². The van der Waals surface area contributed by atoms with Crippen molar-refractivity contribution < 1.29 is 0 Å². The van der Waals surface area contributed by atoms with E-state index in [-0.39, 0.29) is 5.56 Å². The Bertz CT molecular complexity index is 426. The molecule has 0 fully saturated rings. The Balaban J connectivity index is 0.000000442. The van der Waals surface area contributed by atoms with E-state index in [4.69, 9.17) is 0 Å². The number of hydrogen-bond donors (Lipinski definition) is 1. The molecule has 1 heterocycles. The number of fused-ring (bicyclic) bond motifs is 1. The van der Waals surface area contributed by atoms with Crippen LogP contribution in [0.2, 0.25) is 0 Å². The van der Waals surface area contributed by atoms with Crippen LogP contribution in [0.5, 0.6) is 0 Å². The Morgan fingerprint density at radius 3 is 2.13 bits per heavy atom. The molecule has 0 radical (unpaired) electrons. The zero-order valence-electron chi connectivity index (χ0n) is 9.87. The van der Waals surface area contributed by atoms with E-state index >= 15 is 0 Å². The summed E-state index contributed by atoms with van der Waals surface area (Å²) >= 11 is 0. The van der Waals surface area contributed by atoms with E-state index < -0.39 is 0 Å². The van der Waals surface area contributed by atoms with Gasteiger partial charge in [-0.1, -0.05) is 45.9 Å². The summed E-state index contributed by atoms with van der Waals surface area (Å²) < 4.78 is 0. The fraction of sp³-hybridized carbons (Fsp3) is 0.308. The van der Waals surface area contributed by atoms with Crippen molar-refractivity contribution in [2.24, 2.45) is 0 Å². The standard InChI is InChI=1S/C9H7NO.2C2H6/c11-9-8-4-2-1-3-7(8)5-6-10-9;2*1-2/h1-6H,(H,10,11);2*1-2H3. The minimum absolute atomic E-state index is 0.0249. The summed E-state index contributed by atoms with van der Waals surface area (Å²) in [5, 5.41) is 1.73. The minimum atomic E-state index is -0.0249. The van der Waals surface area contributed by atoms with Crippen molar-refractivity contribution in [3.05, 3.63) is 46.9 Å². The summed E-state index contributed by atoms with van der Waals surface area (Å²) in [4.78, 5) is 13.7. The number of pyridine rings is 1. The summed E-state index contributed by atoms with van der Waals surface area (Å²) in [5.74, 6) is 0. The predicted octanol–water partition coefficient (Wildman–Crippen LogP) is 3.58. The van der Waals surface area contributed by atoms with E-state index in [1.54, 1.807) is 6.20 Å². The molecule has 0 aliphatic heterocycles. The molecule has 0 aliphatic carbocycles. The highest BCUT2D eigenvalue weighted by Crippen LogP contribution is 2.05. The molecule has 0 saturated heterocycles. The molecule has 0 bridgehead atoms. The third-order valence-corrected chi connectivity index (χ3v) is 1.68. The lowest BCUT2D eigenvalue weighted by atomic mass is 10.2. The van der Waals surface area contributed by atoms with Gasteiger partial charge >= 0.3 is 0 Å². The molecule has 1 aromatic carbocycles. The largest absolute Gasteiger partial charge is 0.329 e. The molecule has 2 heteroatoms. The Hall–Kier alpha value is -1.57. The third kappa shape index (κ3) is 3.58. The maximum absolute atomic E-state index is 11.1. The van der Waals surface area contributed by atoms with Gasteiger partial charge in [0, 0.05) is 11.6 Å². The van der Waals surface area contributed by atoms with E-state index in [0.717, 1.165) is 10.8 Å². The van der Waals surface area contributed by atoms with Crippen LogP contribution >= 0.6 is 0 Å². The fourth-order valence-electron chi connectivity index (χ4n) is 1.13. The first-order valence-corrected chi connectivity index (χ1v) is 5.44. The molecule has 0 aliphatic rings. The molecule has 0 spiro atoms. The van der Waals surface area contributed by atoms with Crippen LogP contribution in [0.25, 0.3) is 10.8 Å². The quantitative estimate of drug-likeness (QED) is 0.700. The number of hydrogen-bond acceptors (Lipinski definition) is 1. The number of aromatic nitrogens is 1. The maximum atomic E-state index is 11.1. The van der Waals surface area contributed by atoms with E-state index in [2.05, 4.69) is 4.98 Å². The van der Waals surface area contributed by atoms with Gasteiger partial charge in [0.15, 0.2) is 0 Å². The van der Waals surface area contributed by atoms with Crippen molar-refractivity contribution in [1.29, 1.82) is 0 Å². The van der Waals surface area contributed by atoms with Crippen molar-refractivity contribution in [1.82, 2.24) is 4.98 Å². The second-order valence-corrected chi connectivity index (χ2v) is 2.39. The van der Waals surface area contributed by atoms with Gasteiger partial charge in [0.1, 0.15) is 0 Å². The predicted molar refractivity (Wildman–Crippen MR) is 67.3 cm³/mol. The van der Waals surface area contributed by atoms with Gasteiger partial charge in [-0.25, -0.2) is 0 Å². The molecule has 15 heavy (non-hydrogen) atoms. The smallest absolute Gasteiger partial charge is 0.255 e. The highest BCUT2D eigenvalue weighted by atomic mass is 16.1. The van der Waals surface area contributed by atoms with Crippen LogP contribution in [-0.2, 0) is 0 Å². The van der Waals surface area contributed by atoms with E-state index in [9.17, 15) is 4.79 Å². The molecule has 1 aromatic heterocycles. The summed E-state index contributed by atoms with van der Waals surface area (Å²) in [5.41, 5.74) is -0.0249. The van der Waals surface area contributed by atoms with Crippen molar-refractivity contribution in [3.63, 3.8) is 0 Å². The summed E-state index contributed by atoms with van der Waals surface area (Å²) in [6, 6.07) is 9.40. The number of benzene rings is 1. The van der Waals surface area contributed by atoms with Gasteiger partial charge in [-0.2, -0.15) is 0 Å². The van der Waals surface area contributed by atoms with Gasteiger partial charge in [-0.15, -0.1) is 0 Å². The monoisotopic (exact) mass is 205 g/mol. The van der Waals surface area contributed by atoms with Gasteiger partial charge in [-0.3, -0.25) is 4.79 Å². The lowest BCUT2D eigenvalue weighted by Gasteiger charge is -1.92. The Labute approximate surface area is 91.0 Å². The Kier molecular flexibility index (Phi) is 6.98. The van der Waals surface area contributed by atoms with Crippen LogP contribution in [0.1, 0.15) is 27.7 Å². The molecule has 82 valence electrons. The second-order valence-electron chi connectivity index (χ2n) is 2.39. The fourth-order valence-corrected chi connectivity index (χ4v) is 1.13. The first kappa shape index (κ1) is 13.4. The second kappa shape index (κ2) is 7.80.